The first-order valence-electron chi connectivity index (χ1n) is 9.51. The summed E-state index contributed by atoms with van der Waals surface area (Å²) in [5, 5.41) is 59.5. The Kier molecular flexibility index (Phi) is 7.36. The normalized spacial score (nSPS) is 26.5. The van der Waals surface area contributed by atoms with Crippen LogP contribution in [-0.2, 0) is 16.0 Å². The zero-order valence-corrected chi connectivity index (χ0v) is 16.3. The molecular weight excluding hydrogens is 412 g/mol. The Hall–Kier alpha value is -2.41. The molecule has 1 saturated heterocycles. The van der Waals surface area contributed by atoms with E-state index in [1.165, 1.54) is 24.3 Å². The maximum Gasteiger partial charge on any atom is 0.233 e. The molecular formula is C21H24O10. The lowest BCUT2D eigenvalue weighted by Gasteiger charge is -2.38. The Morgan fingerprint density at radius 2 is 1.58 bits per heavy atom. The topological polar surface area (TPSA) is 166 Å². The van der Waals surface area contributed by atoms with Crippen molar-refractivity contribution in [2.75, 3.05) is 6.61 Å². The van der Waals surface area contributed by atoms with Crippen LogP contribution in [0.1, 0.15) is 15.9 Å². The number of carbonyl (C=O) groups excluding carboxylic acids is 1. The predicted octanol–water partition coefficient (Wildman–Crippen LogP) is -1.10. The van der Waals surface area contributed by atoms with Crippen molar-refractivity contribution in [3.05, 3.63) is 65.7 Å². The Balaban J connectivity index is 1.73. The number of aliphatic hydroxyl groups excluding tert-OH is 4. The number of ketones is 1. The summed E-state index contributed by atoms with van der Waals surface area (Å²) in [6.45, 7) is -0.656. The number of Topliss-reactive ketones (excluding diaryl/α,β-unsaturated/α-hetero) is 1. The van der Waals surface area contributed by atoms with Gasteiger partial charge in [-0.1, -0.05) is 42.5 Å². The van der Waals surface area contributed by atoms with E-state index in [9.17, 15) is 35.4 Å². The monoisotopic (exact) mass is 436 g/mol. The predicted molar refractivity (Wildman–Crippen MR) is 104 cm³/mol. The van der Waals surface area contributed by atoms with Gasteiger partial charge in [-0.05, 0) is 17.7 Å². The molecule has 6 N–H and O–H groups in total. The zero-order chi connectivity index (χ0) is 22.6. The molecule has 2 aromatic rings. The van der Waals surface area contributed by atoms with Crippen LogP contribution < -0.4 is 4.89 Å². The maximum atomic E-state index is 12.8. The summed E-state index contributed by atoms with van der Waals surface area (Å²) in [6.07, 6.45) is -8.14. The van der Waals surface area contributed by atoms with Gasteiger partial charge in [0.1, 0.15) is 24.4 Å². The minimum Gasteiger partial charge on any atom is -0.394 e. The highest BCUT2D eigenvalue weighted by Crippen LogP contribution is 2.27. The van der Waals surface area contributed by atoms with Crippen LogP contribution in [0.4, 0.5) is 0 Å². The average Bonchev–Trinajstić information content (AvgIpc) is 2.77. The van der Waals surface area contributed by atoms with Crippen molar-refractivity contribution in [1.29, 1.82) is 0 Å². The number of carbonyl (C=O) groups is 1. The molecule has 1 aliphatic rings. The fourth-order valence-corrected chi connectivity index (χ4v) is 3.15. The molecule has 0 saturated carbocycles. The van der Waals surface area contributed by atoms with E-state index in [4.69, 9.17) is 14.5 Å². The lowest BCUT2D eigenvalue weighted by atomic mass is 9.96. The molecule has 1 fully saturated rings. The molecule has 0 aromatic heterocycles. The molecule has 3 rings (SSSR count). The van der Waals surface area contributed by atoms with Gasteiger partial charge in [0.05, 0.1) is 12.2 Å². The standard InChI is InChI=1S/C21H24O10/c22-11-15-16(23)17(24)18(25)20(29-15)31-30-14-9-5-4-8-13(14)19(26)21(27,28)10-12-6-2-1-3-7-12/h1-9,15-18,20,22-25,27-28H,10-11H2/t15-,16-,17+,18-,20+/m1/s1. The van der Waals surface area contributed by atoms with Gasteiger partial charge in [-0.25, -0.2) is 0 Å². The molecule has 1 heterocycles. The molecule has 10 nitrogen and oxygen atoms in total. The molecule has 5 atom stereocenters. The second kappa shape index (κ2) is 9.81. The summed E-state index contributed by atoms with van der Waals surface area (Å²) in [4.78, 5) is 22.8. The van der Waals surface area contributed by atoms with Gasteiger partial charge >= 0.3 is 0 Å². The van der Waals surface area contributed by atoms with Gasteiger partial charge in [0.25, 0.3) is 0 Å². The first-order chi connectivity index (χ1) is 14.7. The van der Waals surface area contributed by atoms with Crippen LogP contribution in [0.3, 0.4) is 0 Å². The summed E-state index contributed by atoms with van der Waals surface area (Å²) in [5.74, 6) is -3.99. The second-order valence-electron chi connectivity index (χ2n) is 7.18. The number of hydrogen-bond acceptors (Lipinski definition) is 10. The molecule has 0 amide bonds. The van der Waals surface area contributed by atoms with Crippen LogP contribution in [0.2, 0.25) is 0 Å². The lowest BCUT2D eigenvalue weighted by molar-refractivity contribution is -0.387. The first kappa shape index (κ1) is 23.3. The van der Waals surface area contributed by atoms with Crippen LogP contribution in [-0.4, -0.2) is 79.5 Å². The van der Waals surface area contributed by atoms with Crippen molar-refractivity contribution < 1.29 is 49.9 Å². The van der Waals surface area contributed by atoms with Gasteiger partial charge in [-0.15, -0.1) is 0 Å². The van der Waals surface area contributed by atoms with Crippen molar-refractivity contribution >= 4 is 5.78 Å². The highest BCUT2D eigenvalue weighted by atomic mass is 17.2. The number of rotatable bonds is 8. The van der Waals surface area contributed by atoms with E-state index in [2.05, 4.69) is 0 Å². The van der Waals surface area contributed by atoms with Gasteiger partial charge in [-0.3, -0.25) is 4.79 Å². The number of ether oxygens (including phenoxy) is 1. The Morgan fingerprint density at radius 3 is 2.26 bits per heavy atom. The summed E-state index contributed by atoms with van der Waals surface area (Å²) in [6, 6.07) is 14.0. The van der Waals surface area contributed by atoms with E-state index in [0.29, 0.717) is 5.56 Å². The van der Waals surface area contributed by atoms with E-state index in [0.717, 1.165) is 0 Å². The van der Waals surface area contributed by atoms with Gasteiger partial charge in [0, 0.05) is 6.42 Å². The third kappa shape index (κ3) is 5.26. The van der Waals surface area contributed by atoms with Crippen molar-refractivity contribution in [1.82, 2.24) is 0 Å². The molecule has 0 unspecified atom stereocenters. The molecule has 0 radical (unpaired) electrons. The van der Waals surface area contributed by atoms with Gasteiger partial charge in [0.15, 0.2) is 5.75 Å². The van der Waals surface area contributed by atoms with Crippen LogP contribution in [0.15, 0.2) is 54.6 Å². The van der Waals surface area contributed by atoms with Crippen LogP contribution in [0.25, 0.3) is 0 Å². The smallest absolute Gasteiger partial charge is 0.233 e. The van der Waals surface area contributed by atoms with Crippen molar-refractivity contribution in [3.63, 3.8) is 0 Å². The summed E-state index contributed by atoms with van der Waals surface area (Å²) >= 11 is 0. The Bertz CT molecular complexity index is 869. The number of hydrogen-bond donors (Lipinski definition) is 6. The van der Waals surface area contributed by atoms with Crippen LogP contribution in [0.5, 0.6) is 5.75 Å². The number of benzene rings is 2. The van der Waals surface area contributed by atoms with E-state index >= 15 is 0 Å². The maximum absolute atomic E-state index is 12.8. The van der Waals surface area contributed by atoms with Crippen LogP contribution in [0, 0.1) is 0 Å². The zero-order valence-electron chi connectivity index (χ0n) is 16.3. The summed E-state index contributed by atoms with van der Waals surface area (Å²) < 4.78 is 5.16. The number of aliphatic hydroxyl groups is 6. The van der Waals surface area contributed by atoms with Crippen molar-refractivity contribution in [2.24, 2.45) is 0 Å². The summed E-state index contributed by atoms with van der Waals surface area (Å²) in [7, 11) is 0. The highest BCUT2D eigenvalue weighted by Gasteiger charge is 2.45. The molecule has 0 spiro atoms. The SMILES string of the molecule is O=C(c1ccccc1OO[C@@H]1O[C@H](CO)[C@@H](O)[C@H](O)[C@H]1O)C(O)(O)Cc1ccccc1. The van der Waals surface area contributed by atoms with E-state index < -0.39 is 48.9 Å². The molecule has 2 aromatic carbocycles. The second-order valence-corrected chi connectivity index (χ2v) is 7.18. The lowest BCUT2D eigenvalue weighted by Crippen LogP contribution is -2.59. The van der Waals surface area contributed by atoms with Crippen molar-refractivity contribution in [3.8, 4) is 5.75 Å². The highest BCUT2D eigenvalue weighted by molar-refractivity contribution is 6.03. The van der Waals surface area contributed by atoms with Crippen LogP contribution >= 0.6 is 0 Å². The molecule has 0 aliphatic carbocycles. The molecule has 10 heteroatoms. The van der Waals surface area contributed by atoms with Gasteiger partial charge in [0.2, 0.25) is 17.9 Å². The quantitative estimate of drug-likeness (QED) is 0.129. The fraction of sp³-hybridized carbons (Fsp3) is 0.381. The fourth-order valence-electron chi connectivity index (χ4n) is 3.15. The van der Waals surface area contributed by atoms with Crippen molar-refractivity contribution in [2.45, 2.75) is 42.9 Å². The average molecular weight is 436 g/mol. The molecule has 168 valence electrons. The molecule has 31 heavy (non-hydrogen) atoms. The minimum atomic E-state index is -2.73. The first-order valence-corrected chi connectivity index (χ1v) is 9.51. The van der Waals surface area contributed by atoms with Gasteiger partial charge in [-0.2, -0.15) is 4.89 Å². The van der Waals surface area contributed by atoms with E-state index in [1.54, 1.807) is 30.3 Å². The number of para-hydroxylation sites is 1. The molecule has 0 bridgehead atoms. The Labute approximate surface area is 177 Å². The third-order valence-corrected chi connectivity index (χ3v) is 4.87. The van der Waals surface area contributed by atoms with Gasteiger partial charge < -0.3 is 40.3 Å². The Morgan fingerprint density at radius 1 is 0.935 bits per heavy atom. The molecule has 1 aliphatic heterocycles. The minimum absolute atomic E-state index is 0.204. The summed E-state index contributed by atoms with van der Waals surface area (Å²) in [5.41, 5.74) is 0.310. The third-order valence-electron chi connectivity index (χ3n) is 4.87. The van der Waals surface area contributed by atoms with E-state index in [-0.39, 0.29) is 17.7 Å². The van der Waals surface area contributed by atoms with E-state index in [1.807, 2.05) is 0 Å². The largest absolute Gasteiger partial charge is 0.394 e.